The van der Waals surface area contributed by atoms with Crippen LogP contribution in [0.3, 0.4) is 0 Å². The molecular formula is C14H20ClFO2. The van der Waals surface area contributed by atoms with Crippen LogP contribution in [0.2, 0.25) is 5.02 Å². The zero-order valence-corrected chi connectivity index (χ0v) is 11.5. The van der Waals surface area contributed by atoms with Gasteiger partial charge in [-0.2, -0.15) is 0 Å². The SMILES string of the molecule is CCC(CC)C(O)C(O)Cc1cc(Cl)ccc1F. The summed E-state index contributed by atoms with van der Waals surface area (Å²) < 4.78 is 13.5. The highest BCUT2D eigenvalue weighted by atomic mass is 35.5. The fraction of sp³-hybridized carbons (Fsp3) is 0.571. The minimum Gasteiger partial charge on any atom is -0.390 e. The summed E-state index contributed by atoms with van der Waals surface area (Å²) in [6.07, 6.45) is -0.162. The molecule has 1 aromatic carbocycles. The molecule has 0 saturated heterocycles. The summed E-state index contributed by atoms with van der Waals surface area (Å²) in [5.74, 6) is -0.377. The molecule has 4 heteroatoms. The second kappa shape index (κ2) is 7.07. The lowest BCUT2D eigenvalue weighted by molar-refractivity contribution is -0.0191. The highest BCUT2D eigenvalue weighted by Crippen LogP contribution is 2.21. The normalized spacial score (nSPS) is 14.8. The Hall–Kier alpha value is -0.640. The first-order valence-corrected chi connectivity index (χ1v) is 6.67. The van der Waals surface area contributed by atoms with Crippen molar-refractivity contribution in [3.63, 3.8) is 0 Å². The molecule has 0 aliphatic heterocycles. The average Bonchev–Trinajstić information content (AvgIpc) is 2.35. The zero-order chi connectivity index (χ0) is 13.7. The van der Waals surface area contributed by atoms with E-state index in [2.05, 4.69) is 0 Å². The smallest absolute Gasteiger partial charge is 0.126 e. The Morgan fingerprint density at radius 2 is 1.83 bits per heavy atom. The molecule has 0 radical (unpaired) electrons. The molecule has 0 amide bonds. The van der Waals surface area contributed by atoms with Gasteiger partial charge in [-0.15, -0.1) is 0 Å². The second-order valence-electron chi connectivity index (χ2n) is 4.57. The van der Waals surface area contributed by atoms with Crippen molar-refractivity contribution in [2.45, 2.75) is 45.3 Å². The Morgan fingerprint density at radius 1 is 1.22 bits per heavy atom. The Labute approximate surface area is 112 Å². The van der Waals surface area contributed by atoms with E-state index in [1.807, 2.05) is 13.8 Å². The number of halogens is 2. The fourth-order valence-electron chi connectivity index (χ4n) is 2.13. The Morgan fingerprint density at radius 3 is 2.39 bits per heavy atom. The first-order valence-electron chi connectivity index (χ1n) is 6.29. The van der Waals surface area contributed by atoms with Crippen LogP contribution in [0.15, 0.2) is 18.2 Å². The third-order valence-corrected chi connectivity index (χ3v) is 3.60. The monoisotopic (exact) mass is 274 g/mol. The van der Waals surface area contributed by atoms with Gasteiger partial charge in [0.2, 0.25) is 0 Å². The van der Waals surface area contributed by atoms with Gasteiger partial charge in [0.15, 0.2) is 0 Å². The minimum absolute atomic E-state index is 0.0299. The number of benzene rings is 1. The van der Waals surface area contributed by atoms with E-state index in [1.165, 1.54) is 18.2 Å². The lowest BCUT2D eigenvalue weighted by Crippen LogP contribution is -2.34. The molecule has 0 saturated carbocycles. The standard InChI is InChI=1S/C14H20ClFO2/c1-3-9(4-2)14(18)13(17)8-10-7-11(15)5-6-12(10)16/h5-7,9,13-14,17-18H,3-4,8H2,1-2H3. The molecule has 0 aromatic heterocycles. The molecule has 1 rings (SSSR count). The summed E-state index contributed by atoms with van der Waals surface area (Å²) in [5.41, 5.74) is 0.333. The first-order chi connectivity index (χ1) is 8.49. The van der Waals surface area contributed by atoms with Crippen LogP contribution in [0.5, 0.6) is 0 Å². The Balaban J connectivity index is 2.74. The van der Waals surface area contributed by atoms with Crippen LogP contribution in [-0.2, 0) is 6.42 Å². The summed E-state index contributed by atoms with van der Waals surface area (Å²) in [7, 11) is 0. The van der Waals surface area contributed by atoms with Crippen LogP contribution in [0, 0.1) is 11.7 Å². The molecule has 0 heterocycles. The zero-order valence-electron chi connectivity index (χ0n) is 10.7. The number of hydrogen-bond acceptors (Lipinski definition) is 2. The van der Waals surface area contributed by atoms with Crippen LogP contribution in [0.25, 0.3) is 0 Å². The average molecular weight is 275 g/mol. The lowest BCUT2D eigenvalue weighted by Gasteiger charge is -2.25. The maximum absolute atomic E-state index is 13.5. The van der Waals surface area contributed by atoms with Gasteiger partial charge in [0.1, 0.15) is 5.82 Å². The van der Waals surface area contributed by atoms with E-state index in [9.17, 15) is 14.6 Å². The highest BCUT2D eigenvalue weighted by Gasteiger charge is 2.24. The minimum atomic E-state index is -0.970. The molecule has 18 heavy (non-hydrogen) atoms. The van der Waals surface area contributed by atoms with Crippen molar-refractivity contribution >= 4 is 11.6 Å². The summed E-state index contributed by atoms with van der Waals surface area (Å²) in [5, 5.41) is 20.4. The quantitative estimate of drug-likeness (QED) is 0.836. The molecule has 0 bridgehead atoms. The second-order valence-corrected chi connectivity index (χ2v) is 5.01. The number of aliphatic hydroxyl groups excluding tert-OH is 2. The van der Waals surface area contributed by atoms with Crippen LogP contribution in [0.4, 0.5) is 4.39 Å². The van der Waals surface area contributed by atoms with Gasteiger partial charge in [0.05, 0.1) is 12.2 Å². The van der Waals surface area contributed by atoms with Gasteiger partial charge in [0.25, 0.3) is 0 Å². The molecule has 2 atom stereocenters. The predicted molar refractivity (Wildman–Crippen MR) is 71.2 cm³/mol. The van der Waals surface area contributed by atoms with Gasteiger partial charge in [-0.1, -0.05) is 38.3 Å². The summed E-state index contributed by atoms with van der Waals surface area (Å²) in [4.78, 5) is 0. The highest BCUT2D eigenvalue weighted by molar-refractivity contribution is 6.30. The van der Waals surface area contributed by atoms with Crippen molar-refractivity contribution < 1.29 is 14.6 Å². The molecular weight excluding hydrogens is 255 g/mol. The molecule has 102 valence electrons. The van der Waals surface area contributed by atoms with Gasteiger partial charge in [-0.25, -0.2) is 4.39 Å². The van der Waals surface area contributed by atoms with E-state index in [0.717, 1.165) is 12.8 Å². The Bertz CT molecular complexity index is 380. The molecule has 2 nitrogen and oxygen atoms in total. The third-order valence-electron chi connectivity index (χ3n) is 3.36. The number of aliphatic hydroxyl groups is 2. The van der Waals surface area contributed by atoms with Gasteiger partial charge >= 0.3 is 0 Å². The molecule has 2 N–H and O–H groups in total. The van der Waals surface area contributed by atoms with Crippen molar-refractivity contribution in [1.29, 1.82) is 0 Å². The van der Waals surface area contributed by atoms with Gasteiger partial charge < -0.3 is 10.2 Å². The van der Waals surface area contributed by atoms with Crippen LogP contribution < -0.4 is 0 Å². The number of hydrogen-bond donors (Lipinski definition) is 2. The molecule has 0 aliphatic rings. The lowest BCUT2D eigenvalue weighted by atomic mass is 9.90. The number of rotatable bonds is 6. The van der Waals surface area contributed by atoms with E-state index in [-0.39, 0.29) is 12.3 Å². The summed E-state index contributed by atoms with van der Waals surface area (Å²) in [6, 6.07) is 4.22. The predicted octanol–water partition coefficient (Wildman–Crippen LogP) is 3.18. The summed E-state index contributed by atoms with van der Waals surface area (Å²) >= 11 is 5.79. The van der Waals surface area contributed by atoms with Gasteiger partial charge in [-0.3, -0.25) is 0 Å². The maximum Gasteiger partial charge on any atom is 0.126 e. The molecule has 0 aliphatic carbocycles. The van der Waals surface area contributed by atoms with Gasteiger partial charge in [0, 0.05) is 11.4 Å². The molecule has 1 aromatic rings. The van der Waals surface area contributed by atoms with Crippen LogP contribution >= 0.6 is 11.6 Å². The van der Waals surface area contributed by atoms with Gasteiger partial charge in [-0.05, 0) is 29.7 Å². The maximum atomic E-state index is 13.5. The van der Waals surface area contributed by atoms with Crippen molar-refractivity contribution in [3.05, 3.63) is 34.6 Å². The van der Waals surface area contributed by atoms with E-state index >= 15 is 0 Å². The van der Waals surface area contributed by atoms with E-state index in [0.29, 0.717) is 10.6 Å². The van der Waals surface area contributed by atoms with Crippen molar-refractivity contribution in [1.82, 2.24) is 0 Å². The third kappa shape index (κ3) is 3.94. The summed E-state index contributed by atoms with van der Waals surface area (Å²) in [6.45, 7) is 3.92. The molecule has 2 unspecified atom stereocenters. The fourth-order valence-corrected chi connectivity index (χ4v) is 2.33. The largest absolute Gasteiger partial charge is 0.390 e. The topological polar surface area (TPSA) is 40.5 Å². The van der Waals surface area contributed by atoms with E-state index in [4.69, 9.17) is 11.6 Å². The van der Waals surface area contributed by atoms with E-state index in [1.54, 1.807) is 0 Å². The van der Waals surface area contributed by atoms with Crippen molar-refractivity contribution in [2.75, 3.05) is 0 Å². The van der Waals surface area contributed by atoms with Crippen molar-refractivity contribution in [2.24, 2.45) is 5.92 Å². The Kier molecular flexibility index (Phi) is 6.06. The van der Waals surface area contributed by atoms with E-state index < -0.39 is 18.0 Å². The van der Waals surface area contributed by atoms with Crippen LogP contribution in [0.1, 0.15) is 32.3 Å². The first kappa shape index (κ1) is 15.4. The van der Waals surface area contributed by atoms with Crippen molar-refractivity contribution in [3.8, 4) is 0 Å². The molecule has 0 fully saturated rings. The molecule has 0 spiro atoms. The van der Waals surface area contributed by atoms with Crippen LogP contribution in [-0.4, -0.2) is 22.4 Å².